The predicted octanol–water partition coefficient (Wildman–Crippen LogP) is 3.75. The smallest absolute Gasteiger partial charge is 0.123 e. The fourth-order valence-electron chi connectivity index (χ4n) is 1.82. The molecule has 0 aromatic heterocycles. The first-order valence-corrected chi connectivity index (χ1v) is 6.91. The van der Waals surface area contributed by atoms with Gasteiger partial charge in [-0.3, -0.25) is 0 Å². The van der Waals surface area contributed by atoms with Crippen molar-refractivity contribution >= 4 is 0 Å². The molecule has 0 fully saturated rings. The highest BCUT2D eigenvalue weighted by Gasteiger charge is 2.18. The standard InChI is InChI=1S/C16H27NO/c1-6-13(2)17-11-12-18-15-10-8-7-9-14(15)16(3,4)5/h7-10,13,17H,6,11-12H2,1-5H3. The molecule has 102 valence electrons. The average molecular weight is 249 g/mol. The van der Waals surface area contributed by atoms with Gasteiger partial charge in [-0.1, -0.05) is 45.9 Å². The van der Waals surface area contributed by atoms with E-state index < -0.39 is 0 Å². The maximum Gasteiger partial charge on any atom is 0.123 e. The molecule has 1 N–H and O–H groups in total. The molecule has 0 saturated heterocycles. The fourth-order valence-corrected chi connectivity index (χ4v) is 1.82. The lowest BCUT2D eigenvalue weighted by atomic mass is 9.86. The number of rotatable bonds is 6. The van der Waals surface area contributed by atoms with E-state index in [4.69, 9.17) is 4.74 Å². The minimum Gasteiger partial charge on any atom is -0.492 e. The van der Waals surface area contributed by atoms with Crippen molar-refractivity contribution in [3.63, 3.8) is 0 Å². The van der Waals surface area contributed by atoms with Crippen molar-refractivity contribution in [2.24, 2.45) is 0 Å². The normalized spacial score (nSPS) is 13.4. The van der Waals surface area contributed by atoms with Crippen molar-refractivity contribution in [1.29, 1.82) is 0 Å². The number of para-hydroxylation sites is 1. The summed E-state index contributed by atoms with van der Waals surface area (Å²) in [7, 11) is 0. The lowest BCUT2D eigenvalue weighted by Gasteiger charge is -2.23. The Morgan fingerprint density at radius 1 is 1.22 bits per heavy atom. The highest BCUT2D eigenvalue weighted by molar-refractivity contribution is 5.38. The molecule has 2 nitrogen and oxygen atoms in total. The van der Waals surface area contributed by atoms with Crippen molar-refractivity contribution < 1.29 is 4.74 Å². The Hall–Kier alpha value is -1.02. The van der Waals surface area contributed by atoms with E-state index in [0.29, 0.717) is 6.04 Å². The summed E-state index contributed by atoms with van der Waals surface area (Å²) in [6, 6.07) is 8.88. The van der Waals surface area contributed by atoms with Crippen LogP contribution in [0.2, 0.25) is 0 Å². The van der Waals surface area contributed by atoms with Crippen molar-refractivity contribution in [2.45, 2.75) is 52.5 Å². The first-order valence-electron chi connectivity index (χ1n) is 6.91. The first-order chi connectivity index (χ1) is 8.45. The molecule has 0 amide bonds. The molecule has 0 bridgehead atoms. The quantitative estimate of drug-likeness (QED) is 0.775. The summed E-state index contributed by atoms with van der Waals surface area (Å²) in [5.41, 5.74) is 1.40. The Kier molecular flexibility index (Phi) is 5.67. The molecule has 0 aliphatic heterocycles. The highest BCUT2D eigenvalue weighted by Crippen LogP contribution is 2.30. The van der Waals surface area contributed by atoms with E-state index in [2.05, 4.69) is 58.1 Å². The van der Waals surface area contributed by atoms with Crippen LogP contribution in [0.1, 0.15) is 46.6 Å². The monoisotopic (exact) mass is 249 g/mol. The van der Waals surface area contributed by atoms with Gasteiger partial charge >= 0.3 is 0 Å². The molecule has 1 atom stereocenters. The van der Waals surface area contributed by atoms with Gasteiger partial charge in [-0.25, -0.2) is 0 Å². The van der Waals surface area contributed by atoms with Crippen LogP contribution >= 0.6 is 0 Å². The van der Waals surface area contributed by atoms with Crippen LogP contribution < -0.4 is 10.1 Å². The Balaban J connectivity index is 2.52. The van der Waals surface area contributed by atoms with Gasteiger partial charge in [0.1, 0.15) is 12.4 Å². The molecule has 1 unspecified atom stereocenters. The summed E-state index contributed by atoms with van der Waals surface area (Å²) >= 11 is 0. The zero-order valence-corrected chi connectivity index (χ0v) is 12.4. The largest absolute Gasteiger partial charge is 0.492 e. The number of hydrogen-bond donors (Lipinski definition) is 1. The lowest BCUT2D eigenvalue weighted by molar-refractivity contribution is 0.298. The van der Waals surface area contributed by atoms with Gasteiger partial charge in [0.05, 0.1) is 0 Å². The van der Waals surface area contributed by atoms with Crippen molar-refractivity contribution in [2.75, 3.05) is 13.2 Å². The predicted molar refractivity (Wildman–Crippen MR) is 78.4 cm³/mol. The van der Waals surface area contributed by atoms with Gasteiger partial charge in [0.25, 0.3) is 0 Å². The van der Waals surface area contributed by atoms with Crippen molar-refractivity contribution in [3.8, 4) is 5.75 Å². The second-order valence-electron chi connectivity index (χ2n) is 5.86. The fraction of sp³-hybridized carbons (Fsp3) is 0.625. The molecule has 0 radical (unpaired) electrons. The summed E-state index contributed by atoms with van der Waals surface area (Å²) in [5.74, 6) is 1.01. The molecule has 0 aliphatic carbocycles. The third kappa shape index (κ3) is 4.69. The van der Waals surface area contributed by atoms with Crippen LogP contribution in [-0.4, -0.2) is 19.2 Å². The third-order valence-corrected chi connectivity index (χ3v) is 3.16. The second-order valence-corrected chi connectivity index (χ2v) is 5.86. The zero-order valence-electron chi connectivity index (χ0n) is 12.4. The van der Waals surface area contributed by atoms with Gasteiger partial charge in [-0.2, -0.15) is 0 Å². The molecule has 1 rings (SSSR count). The van der Waals surface area contributed by atoms with E-state index in [9.17, 15) is 0 Å². The van der Waals surface area contributed by atoms with Crippen LogP contribution in [0.15, 0.2) is 24.3 Å². The SMILES string of the molecule is CCC(C)NCCOc1ccccc1C(C)(C)C. The first kappa shape index (κ1) is 15.0. The minimum atomic E-state index is 0.126. The van der Waals surface area contributed by atoms with Crippen LogP contribution in [0, 0.1) is 0 Å². The zero-order chi connectivity index (χ0) is 13.6. The molecule has 0 aliphatic rings. The molecule has 0 heterocycles. The van der Waals surface area contributed by atoms with Gasteiger partial charge in [-0.15, -0.1) is 0 Å². The molecule has 1 aromatic carbocycles. The summed E-state index contributed by atoms with van der Waals surface area (Å²) < 4.78 is 5.90. The van der Waals surface area contributed by atoms with Gasteiger partial charge in [0.15, 0.2) is 0 Å². The van der Waals surface area contributed by atoms with E-state index >= 15 is 0 Å². The van der Waals surface area contributed by atoms with Crippen LogP contribution in [0.4, 0.5) is 0 Å². The van der Waals surface area contributed by atoms with Crippen LogP contribution in [-0.2, 0) is 5.41 Å². The Morgan fingerprint density at radius 3 is 2.50 bits per heavy atom. The molecule has 18 heavy (non-hydrogen) atoms. The minimum absolute atomic E-state index is 0.126. The number of nitrogens with one attached hydrogen (secondary N) is 1. The van der Waals surface area contributed by atoms with Crippen LogP contribution in [0.25, 0.3) is 0 Å². The van der Waals surface area contributed by atoms with Crippen molar-refractivity contribution in [3.05, 3.63) is 29.8 Å². The van der Waals surface area contributed by atoms with E-state index in [1.165, 1.54) is 5.56 Å². The maximum absolute atomic E-state index is 5.90. The summed E-state index contributed by atoms with van der Waals surface area (Å²) in [6.07, 6.45) is 1.15. The summed E-state index contributed by atoms with van der Waals surface area (Å²) in [6.45, 7) is 12.6. The van der Waals surface area contributed by atoms with Crippen LogP contribution in [0.5, 0.6) is 5.75 Å². The molecule has 2 heteroatoms. The van der Waals surface area contributed by atoms with E-state index in [-0.39, 0.29) is 5.41 Å². The van der Waals surface area contributed by atoms with Gasteiger partial charge in [-0.05, 0) is 30.4 Å². The number of benzene rings is 1. The van der Waals surface area contributed by atoms with E-state index in [1.54, 1.807) is 0 Å². The van der Waals surface area contributed by atoms with E-state index in [0.717, 1.165) is 25.3 Å². The topological polar surface area (TPSA) is 21.3 Å². The van der Waals surface area contributed by atoms with Gasteiger partial charge in [0.2, 0.25) is 0 Å². The van der Waals surface area contributed by atoms with Crippen LogP contribution in [0.3, 0.4) is 0 Å². The summed E-state index contributed by atoms with van der Waals surface area (Å²) in [5, 5.41) is 3.44. The number of ether oxygens (including phenoxy) is 1. The summed E-state index contributed by atoms with van der Waals surface area (Å²) in [4.78, 5) is 0. The molecular formula is C16H27NO. The van der Waals surface area contributed by atoms with Gasteiger partial charge < -0.3 is 10.1 Å². The lowest BCUT2D eigenvalue weighted by Crippen LogP contribution is -2.29. The molecule has 1 aromatic rings. The Bertz CT molecular complexity index is 354. The highest BCUT2D eigenvalue weighted by atomic mass is 16.5. The van der Waals surface area contributed by atoms with Crippen molar-refractivity contribution in [1.82, 2.24) is 5.32 Å². The molecule has 0 spiro atoms. The van der Waals surface area contributed by atoms with E-state index in [1.807, 2.05) is 6.07 Å². The third-order valence-electron chi connectivity index (χ3n) is 3.16. The Labute approximate surface area is 112 Å². The second kappa shape index (κ2) is 6.79. The molecule has 0 saturated carbocycles. The number of hydrogen-bond acceptors (Lipinski definition) is 2. The molecular weight excluding hydrogens is 222 g/mol. The average Bonchev–Trinajstić information content (AvgIpc) is 2.33. The van der Waals surface area contributed by atoms with Gasteiger partial charge in [0, 0.05) is 12.6 Å². The Morgan fingerprint density at radius 2 is 1.89 bits per heavy atom. The maximum atomic E-state index is 5.90.